The van der Waals surface area contributed by atoms with E-state index < -0.39 is 6.10 Å². The molecule has 2 aromatic carbocycles. The Morgan fingerprint density at radius 3 is 0.900 bits per heavy atom. The number of unbranched alkanes of at least 4 members (excludes halogenated alkanes) is 20. The highest BCUT2D eigenvalue weighted by molar-refractivity contribution is 5.33. The van der Waals surface area contributed by atoms with Crippen LogP contribution in [-0.4, -0.2) is 5.11 Å². The van der Waals surface area contributed by atoms with Crippen molar-refractivity contribution in [2.75, 3.05) is 0 Å². The van der Waals surface area contributed by atoms with Crippen molar-refractivity contribution in [3.8, 4) is 0 Å². The molecule has 0 aliphatic heterocycles. The molecule has 1 N–H and O–H groups in total. The second kappa shape index (κ2) is 24.0. The molecule has 0 aromatic heterocycles. The summed E-state index contributed by atoms with van der Waals surface area (Å²) in [6.07, 6.45) is 32.3. The maximum Gasteiger partial charge on any atom is 0.104 e. The van der Waals surface area contributed by atoms with Gasteiger partial charge in [0.1, 0.15) is 6.10 Å². The molecular weight excluding hydrogens is 484 g/mol. The van der Waals surface area contributed by atoms with Crippen molar-refractivity contribution < 1.29 is 5.11 Å². The molecule has 0 heterocycles. The van der Waals surface area contributed by atoms with Crippen LogP contribution in [0.25, 0.3) is 0 Å². The average Bonchev–Trinajstić information content (AvgIpc) is 2.99. The molecule has 1 nitrogen and oxygen atoms in total. The molecule has 0 fully saturated rings. The second-order valence-electron chi connectivity index (χ2n) is 12.5. The van der Waals surface area contributed by atoms with Crippen molar-refractivity contribution in [2.24, 2.45) is 0 Å². The summed E-state index contributed by atoms with van der Waals surface area (Å²) in [4.78, 5) is 0. The molecule has 0 saturated heterocycles. The van der Waals surface area contributed by atoms with Gasteiger partial charge in [0.15, 0.2) is 0 Å². The zero-order chi connectivity index (χ0) is 28.5. The van der Waals surface area contributed by atoms with Crippen LogP contribution in [0, 0.1) is 0 Å². The van der Waals surface area contributed by atoms with E-state index in [0.29, 0.717) is 0 Å². The fourth-order valence-electron chi connectivity index (χ4n) is 5.91. The van der Waals surface area contributed by atoms with Crippen LogP contribution in [0.4, 0.5) is 0 Å². The van der Waals surface area contributed by atoms with E-state index in [9.17, 15) is 5.11 Å². The topological polar surface area (TPSA) is 20.2 Å². The van der Waals surface area contributed by atoms with Crippen LogP contribution in [0.5, 0.6) is 0 Å². The highest BCUT2D eigenvalue weighted by Crippen LogP contribution is 2.24. The summed E-state index contributed by atoms with van der Waals surface area (Å²) < 4.78 is 0. The van der Waals surface area contributed by atoms with Gasteiger partial charge in [-0.15, -0.1) is 0 Å². The Hall–Kier alpha value is -1.60. The Labute approximate surface area is 249 Å². The predicted molar refractivity (Wildman–Crippen MR) is 177 cm³/mol. The van der Waals surface area contributed by atoms with Crippen molar-refractivity contribution in [2.45, 2.75) is 174 Å². The lowest BCUT2D eigenvalue weighted by molar-refractivity contribution is 0.220. The molecule has 226 valence electrons. The third kappa shape index (κ3) is 16.6. The second-order valence-corrected chi connectivity index (χ2v) is 12.5. The van der Waals surface area contributed by atoms with Gasteiger partial charge >= 0.3 is 0 Å². The number of hydrogen-bond donors (Lipinski definition) is 1. The first-order valence-electron chi connectivity index (χ1n) is 17.6. The fraction of sp³-hybridized carbons (Fsp3) is 0.692. The van der Waals surface area contributed by atoms with Gasteiger partial charge in [-0.25, -0.2) is 0 Å². The quantitative estimate of drug-likeness (QED) is 0.116. The molecular formula is C39H64O. The number of rotatable bonds is 26. The van der Waals surface area contributed by atoms with Crippen molar-refractivity contribution >= 4 is 0 Å². The summed E-state index contributed by atoms with van der Waals surface area (Å²) >= 11 is 0. The van der Waals surface area contributed by atoms with E-state index in [0.717, 1.165) is 24.0 Å². The molecule has 2 rings (SSSR count). The van der Waals surface area contributed by atoms with Crippen LogP contribution in [0.15, 0.2) is 48.5 Å². The summed E-state index contributed by atoms with van der Waals surface area (Å²) in [6, 6.07) is 17.4. The van der Waals surface area contributed by atoms with Gasteiger partial charge in [-0.1, -0.05) is 191 Å². The van der Waals surface area contributed by atoms with Gasteiger partial charge < -0.3 is 5.11 Å². The monoisotopic (exact) mass is 548 g/mol. The fourth-order valence-corrected chi connectivity index (χ4v) is 5.91. The van der Waals surface area contributed by atoms with Gasteiger partial charge in [0.2, 0.25) is 0 Å². The van der Waals surface area contributed by atoms with Gasteiger partial charge in [-0.3, -0.25) is 0 Å². The molecule has 1 heteroatoms. The van der Waals surface area contributed by atoms with Crippen LogP contribution in [0.1, 0.15) is 183 Å². The molecule has 0 saturated carbocycles. The summed E-state index contributed by atoms with van der Waals surface area (Å²) in [5.74, 6) is 0. The molecule has 0 aliphatic rings. The maximum atomic E-state index is 10.9. The van der Waals surface area contributed by atoms with E-state index in [1.165, 1.54) is 152 Å². The van der Waals surface area contributed by atoms with Crippen LogP contribution < -0.4 is 0 Å². The normalized spacial score (nSPS) is 11.5. The van der Waals surface area contributed by atoms with E-state index in [4.69, 9.17) is 0 Å². The molecule has 2 aromatic rings. The smallest absolute Gasteiger partial charge is 0.104 e. The maximum absolute atomic E-state index is 10.9. The van der Waals surface area contributed by atoms with E-state index in [2.05, 4.69) is 62.4 Å². The molecule has 0 atom stereocenters. The standard InChI is InChI=1S/C39H64O/c1-3-5-7-9-11-13-15-17-19-21-23-25-35-27-31-37(32-28-35)39(40)38-33-29-36(30-34-38)26-24-22-20-18-16-14-12-10-8-6-4-2/h27-34,39-40H,3-26H2,1-2H3. The lowest BCUT2D eigenvalue weighted by Gasteiger charge is -2.13. The van der Waals surface area contributed by atoms with E-state index >= 15 is 0 Å². The molecule has 0 spiro atoms. The van der Waals surface area contributed by atoms with Crippen molar-refractivity contribution in [1.82, 2.24) is 0 Å². The van der Waals surface area contributed by atoms with Crippen LogP contribution in [0.3, 0.4) is 0 Å². The van der Waals surface area contributed by atoms with E-state index in [1.54, 1.807) is 0 Å². The SMILES string of the molecule is CCCCCCCCCCCCCc1ccc(C(O)c2ccc(CCCCCCCCCCCCC)cc2)cc1. The molecule has 0 amide bonds. The minimum Gasteiger partial charge on any atom is -0.384 e. The summed E-state index contributed by atoms with van der Waals surface area (Å²) in [5, 5.41) is 10.9. The highest BCUT2D eigenvalue weighted by Gasteiger charge is 2.10. The van der Waals surface area contributed by atoms with Gasteiger partial charge in [0.05, 0.1) is 0 Å². The third-order valence-electron chi connectivity index (χ3n) is 8.73. The molecule has 0 unspecified atom stereocenters. The zero-order valence-electron chi connectivity index (χ0n) is 26.6. The average molecular weight is 549 g/mol. The predicted octanol–water partition coefficient (Wildman–Crippen LogP) is 12.5. The number of aliphatic hydroxyl groups excluding tert-OH is 1. The first kappa shape index (κ1) is 34.6. The van der Waals surface area contributed by atoms with Crippen LogP contribution in [0.2, 0.25) is 0 Å². The van der Waals surface area contributed by atoms with Gasteiger partial charge in [-0.2, -0.15) is 0 Å². The van der Waals surface area contributed by atoms with Crippen molar-refractivity contribution in [3.63, 3.8) is 0 Å². The first-order valence-corrected chi connectivity index (χ1v) is 17.6. The van der Waals surface area contributed by atoms with Crippen molar-refractivity contribution in [3.05, 3.63) is 70.8 Å². The number of aryl methyl sites for hydroxylation is 2. The summed E-state index contributed by atoms with van der Waals surface area (Å²) in [5.41, 5.74) is 4.80. The van der Waals surface area contributed by atoms with Gasteiger partial charge in [0.25, 0.3) is 0 Å². The lowest BCUT2D eigenvalue weighted by atomic mass is 9.97. The van der Waals surface area contributed by atoms with Gasteiger partial charge in [-0.05, 0) is 47.9 Å². The third-order valence-corrected chi connectivity index (χ3v) is 8.73. The minimum atomic E-state index is -0.535. The summed E-state index contributed by atoms with van der Waals surface area (Å²) in [6.45, 7) is 4.58. The molecule has 40 heavy (non-hydrogen) atoms. The number of hydrogen-bond acceptors (Lipinski definition) is 1. The van der Waals surface area contributed by atoms with E-state index in [1.807, 2.05) is 0 Å². The molecule has 0 aliphatic carbocycles. The Balaban J connectivity index is 1.54. The van der Waals surface area contributed by atoms with Crippen molar-refractivity contribution in [1.29, 1.82) is 0 Å². The Morgan fingerprint density at radius 2 is 0.625 bits per heavy atom. The minimum absolute atomic E-state index is 0.535. The van der Waals surface area contributed by atoms with Gasteiger partial charge in [0, 0.05) is 0 Å². The van der Waals surface area contributed by atoms with Crippen LogP contribution >= 0.6 is 0 Å². The number of benzene rings is 2. The molecule has 0 radical (unpaired) electrons. The lowest BCUT2D eigenvalue weighted by Crippen LogP contribution is -2.00. The number of aliphatic hydroxyl groups is 1. The Kier molecular flexibility index (Phi) is 20.8. The summed E-state index contributed by atoms with van der Waals surface area (Å²) in [7, 11) is 0. The zero-order valence-corrected chi connectivity index (χ0v) is 26.6. The highest BCUT2D eigenvalue weighted by atomic mass is 16.3. The molecule has 0 bridgehead atoms. The Bertz CT molecular complexity index is 736. The Morgan fingerprint density at radius 1 is 0.375 bits per heavy atom. The van der Waals surface area contributed by atoms with Crippen LogP contribution in [-0.2, 0) is 12.8 Å². The first-order chi connectivity index (χ1) is 19.7. The van der Waals surface area contributed by atoms with E-state index in [-0.39, 0.29) is 0 Å². The largest absolute Gasteiger partial charge is 0.384 e.